The van der Waals surface area contributed by atoms with Gasteiger partial charge in [-0.2, -0.15) is 0 Å². The molecule has 3 rings (SSSR count). The van der Waals surface area contributed by atoms with Crippen molar-refractivity contribution < 1.29 is 9.59 Å². The Morgan fingerprint density at radius 3 is 2.58 bits per heavy atom. The minimum atomic E-state index is -0.392. The molecular weight excluding hydrogens is 326 g/mol. The Kier molecular flexibility index (Phi) is 6.54. The number of hydrogen-bond acceptors (Lipinski definition) is 3. The number of carbonyl (C=O) groups is 2. The minimum absolute atomic E-state index is 0. The molecule has 0 bridgehead atoms. The number of likely N-dealkylation sites (tertiary alicyclic amines) is 1. The van der Waals surface area contributed by atoms with Crippen LogP contribution in [0.25, 0.3) is 0 Å². The molecule has 3 unspecified atom stereocenters. The van der Waals surface area contributed by atoms with Crippen LogP contribution in [0, 0.1) is 17.8 Å². The van der Waals surface area contributed by atoms with E-state index < -0.39 is 5.54 Å². The van der Waals surface area contributed by atoms with E-state index in [1.165, 1.54) is 12.8 Å². The number of rotatable bonds is 4. The molecule has 0 aromatic heterocycles. The van der Waals surface area contributed by atoms with Crippen LogP contribution in [-0.4, -0.2) is 41.9 Å². The van der Waals surface area contributed by atoms with Crippen LogP contribution in [0.15, 0.2) is 0 Å². The molecule has 0 aromatic carbocycles. The molecule has 3 fully saturated rings. The topological polar surface area (TPSA) is 75.4 Å². The summed E-state index contributed by atoms with van der Waals surface area (Å²) in [5, 5.41) is 3.07. The summed E-state index contributed by atoms with van der Waals surface area (Å²) in [5.41, 5.74) is 5.99. The molecule has 3 atom stereocenters. The van der Waals surface area contributed by atoms with Crippen molar-refractivity contribution >= 4 is 24.2 Å². The summed E-state index contributed by atoms with van der Waals surface area (Å²) in [5.74, 6) is 0.881. The second kappa shape index (κ2) is 8.05. The number of nitrogens with one attached hydrogen (secondary N) is 1. The Balaban J connectivity index is 0.00000208. The molecule has 24 heavy (non-hydrogen) atoms. The maximum absolute atomic E-state index is 12.9. The molecule has 2 saturated carbocycles. The molecule has 2 aliphatic carbocycles. The Morgan fingerprint density at radius 1 is 1.17 bits per heavy atom. The van der Waals surface area contributed by atoms with Gasteiger partial charge in [0.1, 0.15) is 0 Å². The highest BCUT2D eigenvalue weighted by Crippen LogP contribution is 2.34. The number of halogens is 1. The van der Waals surface area contributed by atoms with Gasteiger partial charge in [0.05, 0.1) is 11.8 Å². The fourth-order valence-electron chi connectivity index (χ4n) is 4.09. The third kappa shape index (κ3) is 4.63. The summed E-state index contributed by atoms with van der Waals surface area (Å²) in [4.78, 5) is 27.2. The first-order valence-electron chi connectivity index (χ1n) is 9.33. The molecular formula is C18H32ClN3O2. The highest BCUT2D eigenvalue weighted by molar-refractivity contribution is 5.85. The first-order valence-corrected chi connectivity index (χ1v) is 9.33. The van der Waals surface area contributed by atoms with Crippen LogP contribution >= 0.6 is 12.4 Å². The standard InChI is InChI=1S/C18H31N3O2.ClH/c1-18(19)9-3-2-6-15(18)17(23)21-10-4-5-14(12-21)16(22)20-11-13-7-8-13;/h13-15H,2-12,19H2,1H3,(H,20,22);1H. The number of carbonyl (C=O) groups excluding carboxylic acids is 2. The van der Waals surface area contributed by atoms with Crippen molar-refractivity contribution in [3.8, 4) is 0 Å². The van der Waals surface area contributed by atoms with E-state index in [4.69, 9.17) is 5.73 Å². The van der Waals surface area contributed by atoms with E-state index in [-0.39, 0.29) is 36.1 Å². The van der Waals surface area contributed by atoms with E-state index in [0.29, 0.717) is 12.5 Å². The van der Waals surface area contributed by atoms with E-state index >= 15 is 0 Å². The Labute approximate surface area is 151 Å². The van der Waals surface area contributed by atoms with Crippen molar-refractivity contribution in [2.24, 2.45) is 23.5 Å². The van der Waals surface area contributed by atoms with Crippen LogP contribution in [0.4, 0.5) is 0 Å². The first kappa shape index (κ1) is 19.5. The summed E-state index contributed by atoms with van der Waals surface area (Å²) in [6.45, 7) is 4.17. The molecule has 3 N–H and O–H groups in total. The van der Waals surface area contributed by atoms with Crippen LogP contribution < -0.4 is 11.1 Å². The zero-order chi connectivity index (χ0) is 16.4. The molecule has 3 aliphatic rings. The van der Waals surface area contributed by atoms with Crippen LogP contribution in [0.1, 0.15) is 58.3 Å². The highest BCUT2D eigenvalue weighted by Gasteiger charge is 2.41. The van der Waals surface area contributed by atoms with Gasteiger partial charge in [0.15, 0.2) is 0 Å². The van der Waals surface area contributed by atoms with E-state index in [1.807, 2.05) is 11.8 Å². The van der Waals surface area contributed by atoms with Crippen molar-refractivity contribution in [3.63, 3.8) is 0 Å². The van der Waals surface area contributed by atoms with E-state index in [0.717, 1.165) is 51.6 Å². The Bertz CT molecular complexity index is 465. The maximum atomic E-state index is 12.9. The van der Waals surface area contributed by atoms with Gasteiger partial charge in [-0.1, -0.05) is 12.8 Å². The molecule has 1 heterocycles. The molecule has 5 nitrogen and oxygen atoms in total. The van der Waals surface area contributed by atoms with Gasteiger partial charge in [0.2, 0.25) is 11.8 Å². The summed E-state index contributed by atoms with van der Waals surface area (Å²) in [6.07, 6.45) is 8.31. The summed E-state index contributed by atoms with van der Waals surface area (Å²) < 4.78 is 0. The van der Waals surface area contributed by atoms with Crippen molar-refractivity contribution in [1.29, 1.82) is 0 Å². The fraction of sp³-hybridized carbons (Fsp3) is 0.889. The predicted octanol–water partition coefficient (Wildman–Crippen LogP) is 2.08. The van der Waals surface area contributed by atoms with Crippen LogP contribution in [0.3, 0.4) is 0 Å². The quantitative estimate of drug-likeness (QED) is 0.808. The number of amides is 2. The number of nitrogens with two attached hydrogens (primary N) is 1. The van der Waals surface area contributed by atoms with Crippen molar-refractivity contribution in [1.82, 2.24) is 10.2 Å². The van der Waals surface area contributed by atoms with Crippen LogP contribution in [-0.2, 0) is 9.59 Å². The average Bonchev–Trinajstić information content (AvgIpc) is 3.36. The second-order valence-corrected chi connectivity index (χ2v) is 8.12. The Morgan fingerprint density at radius 2 is 1.92 bits per heavy atom. The number of piperidine rings is 1. The van der Waals surface area contributed by atoms with Gasteiger partial charge in [-0.25, -0.2) is 0 Å². The van der Waals surface area contributed by atoms with E-state index in [9.17, 15) is 9.59 Å². The molecule has 1 aliphatic heterocycles. The van der Waals surface area contributed by atoms with Gasteiger partial charge in [-0.05, 0) is 51.4 Å². The summed E-state index contributed by atoms with van der Waals surface area (Å²) >= 11 is 0. The molecule has 0 aromatic rings. The lowest BCUT2D eigenvalue weighted by Gasteiger charge is -2.42. The molecule has 6 heteroatoms. The summed E-state index contributed by atoms with van der Waals surface area (Å²) in [6, 6.07) is 0. The van der Waals surface area contributed by atoms with Gasteiger partial charge < -0.3 is 16.0 Å². The van der Waals surface area contributed by atoms with Gasteiger partial charge in [0, 0.05) is 25.2 Å². The molecule has 0 spiro atoms. The smallest absolute Gasteiger partial charge is 0.227 e. The SMILES string of the molecule is CC1(N)CCCCC1C(=O)N1CCCC(C(=O)NCC2CC2)C1.Cl. The minimum Gasteiger partial charge on any atom is -0.356 e. The van der Waals surface area contributed by atoms with Gasteiger partial charge in [-0.3, -0.25) is 9.59 Å². The second-order valence-electron chi connectivity index (χ2n) is 8.12. The van der Waals surface area contributed by atoms with Crippen LogP contribution in [0.5, 0.6) is 0 Å². The molecule has 2 amide bonds. The van der Waals surface area contributed by atoms with Crippen molar-refractivity contribution in [2.45, 2.75) is 63.8 Å². The average molecular weight is 358 g/mol. The lowest BCUT2D eigenvalue weighted by Crippen LogP contribution is -2.56. The molecule has 138 valence electrons. The number of hydrogen-bond donors (Lipinski definition) is 2. The maximum Gasteiger partial charge on any atom is 0.227 e. The van der Waals surface area contributed by atoms with Gasteiger partial charge >= 0.3 is 0 Å². The summed E-state index contributed by atoms with van der Waals surface area (Å²) in [7, 11) is 0. The lowest BCUT2D eigenvalue weighted by molar-refractivity contribution is -0.142. The van der Waals surface area contributed by atoms with Gasteiger partial charge in [0.25, 0.3) is 0 Å². The highest BCUT2D eigenvalue weighted by atomic mass is 35.5. The number of nitrogens with zero attached hydrogens (tertiary/aromatic N) is 1. The zero-order valence-electron chi connectivity index (χ0n) is 14.8. The van der Waals surface area contributed by atoms with E-state index in [2.05, 4.69) is 5.32 Å². The molecule has 1 saturated heterocycles. The third-order valence-electron chi connectivity index (χ3n) is 5.92. The van der Waals surface area contributed by atoms with E-state index in [1.54, 1.807) is 0 Å². The van der Waals surface area contributed by atoms with Crippen LogP contribution in [0.2, 0.25) is 0 Å². The zero-order valence-corrected chi connectivity index (χ0v) is 15.6. The van der Waals surface area contributed by atoms with Crippen molar-refractivity contribution in [2.75, 3.05) is 19.6 Å². The normalized spacial score (nSPS) is 33.5. The Hall–Kier alpha value is -0.810. The third-order valence-corrected chi connectivity index (χ3v) is 5.92. The monoisotopic (exact) mass is 357 g/mol. The van der Waals surface area contributed by atoms with Gasteiger partial charge in [-0.15, -0.1) is 12.4 Å². The predicted molar refractivity (Wildman–Crippen MR) is 96.8 cm³/mol. The first-order chi connectivity index (χ1) is 11.0. The lowest BCUT2D eigenvalue weighted by atomic mass is 9.73. The van der Waals surface area contributed by atoms with Crippen molar-refractivity contribution in [3.05, 3.63) is 0 Å². The fourth-order valence-corrected chi connectivity index (χ4v) is 4.09. The largest absolute Gasteiger partial charge is 0.356 e. The molecule has 0 radical (unpaired) electrons.